The molecule has 5 heteroatoms. The molecule has 0 unspecified atom stereocenters. The Morgan fingerprint density at radius 1 is 1.29 bits per heavy atom. The predicted octanol–water partition coefficient (Wildman–Crippen LogP) is 3.08. The summed E-state index contributed by atoms with van der Waals surface area (Å²) in [6.45, 7) is 7.09. The minimum absolute atomic E-state index is 0.183. The van der Waals surface area contributed by atoms with E-state index in [2.05, 4.69) is 4.72 Å². The van der Waals surface area contributed by atoms with Crippen molar-refractivity contribution < 1.29 is 13.0 Å². The third-order valence-electron chi connectivity index (χ3n) is 2.26. The predicted molar refractivity (Wildman–Crippen MR) is 65.8 cm³/mol. The molecule has 0 radical (unpaired) electrons. The maximum atomic E-state index is 13.5. The lowest BCUT2D eigenvalue weighted by molar-refractivity contribution is 0.556. The Balaban J connectivity index is 2.87. The van der Waals surface area contributed by atoms with Crippen molar-refractivity contribution in [2.45, 2.75) is 38.5 Å². The molecule has 0 aliphatic carbocycles. The van der Waals surface area contributed by atoms with Gasteiger partial charge in [-0.15, -0.1) is 0 Å². The summed E-state index contributed by atoms with van der Waals surface area (Å²) in [6, 6.07) is 2.74. The minimum atomic E-state index is -1.32. The average molecular weight is 261 g/mol. The van der Waals surface area contributed by atoms with Crippen LogP contribution in [0.2, 0.25) is 0 Å². The van der Waals surface area contributed by atoms with Crippen LogP contribution < -0.4 is 4.72 Å². The Hall–Kier alpha value is -0.810. The normalized spacial score (nSPS) is 15.6. The van der Waals surface area contributed by atoms with Gasteiger partial charge in [-0.05, 0) is 45.9 Å². The lowest BCUT2D eigenvalue weighted by atomic mass is 10.1. The van der Waals surface area contributed by atoms with Crippen LogP contribution in [0.5, 0.6) is 0 Å². The minimum Gasteiger partial charge on any atom is -0.242 e. The van der Waals surface area contributed by atoms with Gasteiger partial charge in [0.1, 0.15) is 11.6 Å². The van der Waals surface area contributed by atoms with E-state index in [1.54, 1.807) is 6.92 Å². The van der Waals surface area contributed by atoms with Crippen LogP contribution in [0.1, 0.15) is 39.3 Å². The van der Waals surface area contributed by atoms with Gasteiger partial charge in [0.05, 0.1) is 15.7 Å². The summed E-state index contributed by atoms with van der Waals surface area (Å²) in [4.78, 5) is 0. The smallest absolute Gasteiger partial charge is 0.128 e. The van der Waals surface area contributed by atoms with Crippen LogP contribution >= 0.6 is 0 Å². The van der Waals surface area contributed by atoms with E-state index < -0.39 is 33.4 Å². The van der Waals surface area contributed by atoms with Gasteiger partial charge in [-0.1, -0.05) is 0 Å². The summed E-state index contributed by atoms with van der Waals surface area (Å²) in [7, 11) is -1.32. The fourth-order valence-electron chi connectivity index (χ4n) is 1.25. The van der Waals surface area contributed by atoms with Gasteiger partial charge < -0.3 is 0 Å². The molecule has 0 bridgehead atoms. The summed E-state index contributed by atoms with van der Waals surface area (Å²) in [5.41, 5.74) is 0.183. The fraction of sp³-hybridized carbons (Fsp3) is 0.500. The number of halogens is 2. The summed E-state index contributed by atoms with van der Waals surface area (Å²) in [5.74, 6) is -1.01. The fourth-order valence-corrected chi connectivity index (χ4v) is 2.05. The molecule has 0 saturated heterocycles. The van der Waals surface area contributed by atoms with Crippen molar-refractivity contribution in [2.75, 3.05) is 0 Å². The number of hydrogen-bond acceptors (Lipinski definition) is 1. The molecule has 1 aromatic carbocycles. The maximum Gasteiger partial charge on any atom is 0.128 e. The van der Waals surface area contributed by atoms with Gasteiger partial charge in [0.15, 0.2) is 0 Å². The van der Waals surface area contributed by atoms with E-state index in [0.717, 1.165) is 18.2 Å². The summed E-state index contributed by atoms with van der Waals surface area (Å²) < 4.78 is 40.6. The van der Waals surface area contributed by atoms with Gasteiger partial charge in [0, 0.05) is 11.6 Å². The first kappa shape index (κ1) is 14.3. The lowest BCUT2D eigenvalue weighted by Crippen LogP contribution is -2.35. The van der Waals surface area contributed by atoms with Crippen LogP contribution in [0, 0.1) is 11.6 Å². The Morgan fingerprint density at radius 3 is 2.41 bits per heavy atom. The average Bonchev–Trinajstić information content (AvgIpc) is 2.20. The summed E-state index contributed by atoms with van der Waals surface area (Å²) in [5, 5.41) is 0. The monoisotopic (exact) mass is 261 g/mol. The molecule has 0 aliphatic rings. The third kappa shape index (κ3) is 3.85. The molecule has 1 rings (SSSR count). The van der Waals surface area contributed by atoms with Crippen molar-refractivity contribution >= 4 is 11.0 Å². The van der Waals surface area contributed by atoms with E-state index in [0.29, 0.717) is 0 Å². The molecule has 0 aliphatic heterocycles. The quantitative estimate of drug-likeness (QED) is 0.890. The highest BCUT2D eigenvalue weighted by molar-refractivity contribution is 7.84. The molecule has 96 valence electrons. The standard InChI is InChI=1S/C12H17F2NOS/c1-8(15-17(16)12(2,3)4)10-7-9(13)5-6-11(10)14/h5-8,15H,1-4H3/t8-,17-/m1/s1. The largest absolute Gasteiger partial charge is 0.242 e. The molecule has 0 amide bonds. The first-order valence-electron chi connectivity index (χ1n) is 5.35. The van der Waals surface area contributed by atoms with Crippen molar-refractivity contribution in [1.82, 2.24) is 4.72 Å². The second kappa shape index (κ2) is 5.23. The molecule has 0 aromatic heterocycles. The van der Waals surface area contributed by atoms with E-state index in [1.165, 1.54) is 0 Å². The highest BCUT2D eigenvalue weighted by Crippen LogP contribution is 2.20. The molecular formula is C12H17F2NOS. The second-order valence-corrected chi connectivity index (χ2v) is 6.88. The van der Waals surface area contributed by atoms with E-state index in [4.69, 9.17) is 0 Å². The Kier molecular flexibility index (Phi) is 4.38. The number of rotatable bonds is 3. The van der Waals surface area contributed by atoms with Crippen LogP contribution in [0.3, 0.4) is 0 Å². The van der Waals surface area contributed by atoms with Gasteiger partial charge in [-0.25, -0.2) is 17.7 Å². The topological polar surface area (TPSA) is 29.1 Å². The van der Waals surface area contributed by atoms with E-state index >= 15 is 0 Å². The van der Waals surface area contributed by atoms with Gasteiger partial charge in [-0.2, -0.15) is 0 Å². The second-order valence-electron chi connectivity index (χ2n) is 4.89. The van der Waals surface area contributed by atoms with Crippen LogP contribution in [0.25, 0.3) is 0 Å². The van der Waals surface area contributed by atoms with E-state index in [-0.39, 0.29) is 5.56 Å². The first-order valence-corrected chi connectivity index (χ1v) is 6.50. The molecule has 0 saturated carbocycles. The van der Waals surface area contributed by atoms with Crippen LogP contribution in [-0.2, 0) is 11.0 Å². The number of benzene rings is 1. The summed E-state index contributed by atoms with van der Waals surface area (Å²) >= 11 is 0. The first-order chi connectivity index (χ1) is 7.71. The molecular weight excluding hydrogens is 244 g/mol. The van der Waals surface area contributed by atoms with Gasteiger partial charge in [0.25, 0.3) is 0 Å². The summed E-state index contributed by atoms with van der Waals surface area (Å²) in [6.07, 6.45) is 0. The Morgan fingerprint density at radius 2 is 1.88 bits per heavy atom. The van der Waals surface area contributed by atoms with Crippen LogP contribution in [0.4, 0.5) is 8.78 Å². The van der Waals surface area contributed by atoms with Gasteiger partial charge in [-0.3, -0.25) is 0 Å². The van der Waals surface area contributed by atoms with Crippen molar-refractivity contribution in [3.05, 3.63) is 35.4 Å². The zero-order valence-corrected chi connectivity index (χ0v) is 11.2. The van der Waals surface area contributed by atoms with Crippen LogP contribution in [-0.4, -0.2) is 8.96 Å². The van der Waals surface area contributed by atoms with Crippen molar-refractivity contribution in [3.8, 4) is 0 Å². The van der Waals surface area contributed by atoms with Gasteiger partial charge >= 0.3 is 0 Å². The molecule has 1 aromatic rings. The van der Waals surface area contributed by atoms with Crippen LogP contribution in [0.15, 0.2) is 18.2 Å². The molecule has 1 N–H and O–H groups in total. The lowest BCUT2D eigenvalue weighted by Gasteiger charge is -2.22. The highest BCUT2D eigenvalue weighted by Gasteiger charge is 2.22. The molecule has 2 nitrogen and oxygen atoms in total. The molecule has 17 heavy (non-hydrogen) atoms. The highest BCUT2D eigenvalue weighted by atomic mass is 32.2. The number of nitrogens with one attached hydrogen (secondary N) is 1. The zero-order chi connectivity index (χ0) is 13.2. The molecule has 0 fully saturated rings. The van der Waals surface area contributed by atoms with Crippen molar-refractivity contribution in [1.29, 1.82) is 0 Å². The van der Waals surface area contributed by atoms with Crippen molar-refractivity contribution in [3.63, 3.8) is 0 Å². The number of hydrogen-bond donors (Lipinski definition) is 1. The third-order valence-corrected chi connectivity index (χ3v) is 3.94. The van der Waals surface area contributed by atoms with Gasteiger partial charge in [0.2, 0.25) is 0 Å². The molecule has 2 atom stereocenters. The Bertz CT molecular complexity index is 429. The molecule has 0 heterocycles. The van der Waals surface area contributed by atoms with Crippen molar-refractivity contribution in [2.24, 2.45) is 0 Å². The maximum absolute atomic E-state index is 13.5. The Labute approximate surface area is 103 Å². The zero-order valence-electron chi connectivity index (χ0n) is 10.4. The van der Waals surface area contributed by atoms with E-state index in [9.17, 15) is 13.0 Å². The SMILES string of the molecule is C[C@@H](N[S@](=O)C(C)(C)C)c1cc(F)ccc1F. The molecule has 0 spiro atoms. The van der Waals surface area contributed by atoms with E-state index in [1.807, 2.05) is 20.8 Å².